The second-order valence-corrected chi connectivity index (χ2v) is 8.69. The second-order valence-electron chi connectivity index (χ2n) is 6.81. The number of benzene rings is 2. The van der Waals surface area contributed by atoms with Crippen LogP contribution in [-0.2, 0) is 11.3 Å². The molecule has 0 atom stereocenters. The molecule has 1 amide bonds. The van der Waals surface area contributed by atoms with Crippen LogP contribution in [-0.4, -0.2) is 26.6 Å². The molecule has 0 bridgehead atoms. The van der Waals surface area contributed by atoms with E-state index in [2.05, 4.69) is 30.9 Å². The Kier molecular flexibility index (Phi) is 6.06. The molecule has 2 aromatic heterocycles. The van der Waals surface area contributed by atoms with Crippen LogP contribution in [0.25, 0.3) is 11.0 Å². The summed E-state index contributed by atoms with van der Waals surface area (Å²) in [5.41, 5.74) is 3.52. The molecule has 0 saturated carbocycles. The molecule has 4 rings (SSSR count). The van der Waals surface area contributed by atoms with Crippen LogP contribution in [0.4, 0.5) is 5.69 Å². The average molecular weight is 483 g/mol. The van der Waals surface area contributed by atoms with Crippen molar-refractivity contribution in [3.8, 4) is 0 Å². The Morgan fingerprint density at radius 1 is 1.10 bits per heavy atom. The number of nitrogens with one attached hydrogen (secondary N) is 2. The fourth-order valence-corrected chi connectivity index (χ4v) is 4.13. The third kappa shape index (κ3) is 4.66. The summed E-state index contributed by atoms with van der Waals surface area (Å²) >= 11 is 4.66. The zero-order valence-electron chi connectivity index (χ0n) is 16.2. The van der Waals surface area contributed by atoms with E-state index in [1.165, 1.54) is 11.8 Å². The second kappa shape index (κ2) is 8.89. The molecule has 0 saturated heterocycles. The summed E-state index contributed by atoms with van der Waals surface area (Å²) in [6.07, 6.45) is 0. The number of thioether (sulfide) groups is 1. The molecule has 0 unspecified atom stereocenters. The molecule has 30 heavy (non-hydrogen) atoms. The maximum Gasteiger partial charge on any atom is 0.275 e. The van der Waals surface area contributed by atoms with Crippen molar-refractivity contribution >= 4 is 50.3 Å². The van der Waals surface area contributed by atoms with Crippen molar-refractivity contribution in [3.63, 3.8) is 0 Å². The number of rotatable bonds is 6. The molecule has 2 N–H and O–H groups in total. The first-order chi connectivity index (χ1) is 14.5. The van der Waals surface area contributed by atoms with Gasteiger partial charge in [0.25, 0.3) is 5.56 Å². The van der Waals surface area contributed by atoms with E-state index in [9.17, 15) is 9.59 Å². The smallest absolute Gasteiger partial charge is 0.275 e. The minimum atomic E-state index is -0.239. The van der Waals surface area contributed by atoms with E-state index in [-0.39, 0.29) is 17.2 Å². The molecule has 0 aliphatic rings. The molecular weight excluding hydrogens is 464 g/mol. The van der Waals surface area contributed by atoms with E-state index in [0.717, 1.165) is 21.4 Å². The lowest BCUT2D eigenvalue weighted by molar-refractivity contribution is -0.116. The molecule has 4 aromatic rings. The normalized spacial score (nSPS) is 11.0. The molecule has 0 spiro atoms. The molecule has 0 aliphatic heterocycles. The number of nitrogens with zero attached hydrogens (tertiary/aromatic N) is 2. The third-order valence-corrected chi connectivity index (χ3v) is 5.94. The van der Waals surface area contributed by atoms with Crippen molar-refractivity contribution in [2.75, 3.05) is 10.7 Å². The Labute approximate surface area is 185 Å². The number of halogens is 1. The summed E-state index contributed by atoms with van der Waals surface area (Å²) in [6, 6.07) is 19.3. The summed E-state index contributed by atoms with van der Waals surface area (Å²) in [4.78, 5) is 37.3. The zero-order valence-corrected chi connectivity index (χ0v) is 18.6. The van der Waals surface area contributed by atoms with Gasteiger partial charge in [0.2, 0.25) is 5.91 Å². The van der Waals surface area contributed by atoms with Crippen molar-refractivity contribution in [2.45, 2.75) is 18.6 Å². The number of amides is 1. The van der Waals surface area contributed by atoms with Crippen LogP contribution in [0.1, 0.15) is 11.3 Å². The Hall–Kier alpha value is -2.84. The lowest BCUT2D eigenvalue weighted by Crippen LogP contribution is -2.32. The first kappa shape index (κ1) is 20.4. The number of aromatic amines is 2. The van der Waals surface area contributed by atoms with E-state index in [0.29, 0.717) is 22.7 Å². The standard InChI is InChI=1S/C22H19BrN4O2S/c1-14-11-18-20(24-14)21(29)26-22(25-18)30-13-19(28)27(12-15-5-3-2-4-6-15)17-9-7-16(23)8-10-17/h2-11,24H,12-13H2,1H3,(H,25,26,29). The molecule has 6 nitrogen and oxygen atoms in total. The predicted molar refractivity (Wildman–Crippen MR) is 124 cm³/mol. The highest BCUT2D eigenvalue weighted by Gasteiger charge is 2.18. The van der Waals surface area contributed by atoms with Crippen molar-refractivity contribution in [3.05, 3.63) is 86.7 Å². The summed E-state index contributed by atoms with van der Waals surface area (Å²) < 4.78 is 0.949. The van der Waals surface area contributed by atoms with Crippen molar-refractivity contribution < 1.29 is 4.79 Å². The highest BCUT2D eigenvalue weighted by molar-refractivity contribution is 9.10. The van der Waals surface area contributed by atoms with Crippen LogP contribution in [0.5, 0.6) is 0 Å². The Bertz CT molecular complexity index is 1240. The molecule has 0 aliphatic carbocycles. The van der Waals surface area contributed by atoms with Gasteiger partial charge >= 0.3 is 0 Å². The monoisotopic (exact) mass is 482 g/mol. The summed E-state index contributed by atoms with van der Waals surface area (Å²) in [5.74, 6) is 0.0833. The Balaban J connectivity index is 1.55. The van der Waals surface area contributed by atoms with Crippen LogP contribution in [0, 0.1) is 6.92 Å². The Morgan fingerprint density at radius 2 is 1.83 bits per heavy atom. The summed E-state index contributed by atoms with van der Waals surface area (Å²) in [7, 11) is 0. The number of hydrogen-bond donors (Lipinski definition) is 2. The van der Waals surface area contributed by atoms with Crippen LogP contribution in [0.3, 0.4) is 0 Å². The number of aryl methyl sites for hydroxylation is 1. The van der Waals surface area contributed by atoms with Crippen LogP contribution >= 0.6 is 27.7 Å². The van der Waals surface area contributed by atoms with Crippen molar-refractivity contribution in [2.24, 2.45) is 0 Å². The van der Waals surface area contributed by atoms with Crippen molar-refractivity contribution in [1.29, 1.82) is 0 Å². The van der Waals surface area contributed by atoms with Gasteiger partial charge in [-0.2, -0.15) is 0 Å². The van der Waals surface area contributed by atoms with Gasteiger partial charge in [-0.25, -0.2) is 4.98 Å². The number of H-pyrrole nitrogens is 2. The van der Waals surface area contributed by atoms with E-state index in [1.807, 2.05) is 67.6 Å². The van der Waals surface area contributed by atoms with Crippen LogP contribution in [0.15, 0.2) is 75.1 Å². The molecule has 2 aromatic carbocycles. The minimum Gasteiger partial charge on any atom is -0.353 e. The third-order valence-electron chi connectivity index (χ3n) is 4.56. The fourth-order valence-electron chi connectivity index (χ4n) is 3.12. The van der Waals surface area contributed by atoms with Crippen LogP contribution in [0.2, 0.25) is 0 Å². The fraction of sp³-hybridized carbons (Fsp3) is 0.136. The van der Waals surface area contributed by atoms with Gasteiger partial charge in [-0.15, -0.1) is 0 Å². The van der Waals surface area contributed by atoms with Gasteiger partial charge in [0.15, 0.2) is 5.16 Å². The van der Waals surface area contributed by atoms with Gasteiger partial charge in [0.05, 0.1) is 17.8 Å². The van der Waals surface area contributed by atoms with Gasteiger partial charge in [-0.3, -0.25) is 14.6 Å². The number of aromatic nitrogens is 3. The van der Waals surface area contributed by atoms with E-state index in [4.69, 9.17) is 0 Å². The highest BCUT2D eigenvalue weighted by atomic mass is 79.9. The number of fused-ring (bicyclic) bond motifs is 1. The van der Waals surface area contributed by atoms with Gasteiger partial charge in [-0.05, 0) is 42.8 Å². The summed E-state index contributed by atoms with van der Waals surface area (Å²) in [6.45, 7) is 2.33. The first-order valence-electron chi connectivity index (χ1n) is 9.32. The highest BCUT2D eigenvalue weighted by Crippen LogP contribution is 2.23. The molecule has 0 radical (unpaired) electrons. The molecular formula is C22H19BrN4O2S. The lowest BCUT2D eigenvalue weighted by Gasteiger charge is -2.23. The number of carbonyl (C=O) groups is 1. The van der Waals surface area contributed by atoms with Gasteiger partial charge in [0, 0.05) is 15.9 Å². The minimum absolute atomic E-state index is 0.0702. The van der Waals surface area contributed by atoms with Gasteiger partial charge < -0.3 is 9.88 Å². The van der Waals surface area contributed by atoms with E-state index < -0.39 is 0 Å². The maximum atomic E-state index is 13.1. The van der Waals surface area contributed by atoms with Gasteiger partial charge in [0.1, 0.15) is 5.52 Å². The molecule has 152 valence electrons. The van der Waals surface area contributed by atoms with Crippen molar-refractivity contribution in [1.82, 2.24) is 15.0 Å². The number of hydrogen-bond acceptors (Lipinski definition) is 4. The Morgan fingerprint density at radius 3 is 2.57 bits per heavy atom. The lowest BCUT2D eigenvalue weighted by atomic mass is 10.2. The SMILES string of the molecule is Cc1cc2nc(SCC(=O)N(Cc3ccccc3)c3ccc(Br)cc3)[nH]c(=O)c2[nH]1. The average Bonchev–Trinajstić information content (AvgIpc) is 3.13. The number of carbonyl (C=O) groups excluding carboxylic acids is 1. The quantitative estimate of drug-likeness (QED) is 0.309. The largest absolute Gasteiger partial charge is 0.353 e. The molecule has 2 heterocycles. The first-order valence-corrected chi connectivity index (χ1v) is 11.1. The maximum absolute atomic E-state index is 13.1. The molecule has 8 heteroatoms. The zero-order chi connectivity index (χ0) is 21.1. The van der Waals surface area contributed by atoms with Crippen LogP contribution < -0.4 is 10.5 Å². The topological polar surface area (TPSA) is 81.8 Å². The molecule has 0 fully saturated rings. The summed E-state index contributed by atoms with van der Waals surface area (Å²) in [5, 5.41) is 0.426. The van der Waals surface area contributed by atoms with E-state index >= 15 is 0 Å². The van der Waals surface area contributed by atoms with Gasteiger partial charge in [-0.1, -0.05) is 58.0 Å². The van der Waals surface area contributed by atoms with E-state index in [1.54, 1.807) is 4.90 Å². The predicted octanol–water partition coefficient (Wildman–Crippen LogP) is 4.65. The number of anilines is 1.